The second kappa shape index (κ2) is 10.6. The quantitative estimate of drug-likeness (QED) is 0.543. The maximum Gasteiger partial charge on any atom is 0.0991 e. The summed E-state index contributed by atoms with van der Waals surface area (Å²) in [4.78, 5) is 0. The minimum absolute atomic E-state index is 0.140. The molecular formula is C14H29NO4. The summed E-state index contributed by atoms with van der Waals surface area (Å²) in [6, 6.07) is 0.406. The van der Waals surface area contributed by atoms with Crippen LogP contribution < -0.4 is 5.32 Å². The van der Waals surface area contributed by atoms with Crippen LogP contribution in [-0.2, 0) is 18.9 Å². The zero-order valence-corrected chi connectivity index (χ0v) is 12.5. The number of likely N-dealkylation sites (N-methyl/N-ethyl adjacent to an activating group) is 1. The molecule has 0 spiro atoms. The van der Waals surface area contributed by atoms with E-state index >= 15 is 0 Å². The first kappa shape index (κ1) is 16.9. The fourth-order valence-electron chi connectivity index (χ4n) is 2.20. The Morgan fingerprint density at radius 1 is 1.00 bits per heavy atom. The van der Waals surface area contributed by atoms with Gasteiger partial charge in [0.2, 0.25) is 0 Å². The van der Waals surface area contributed by atoms with E-state index in [2.05, 4.69) is 19.2 Å². The van der Waals surface area contributed by atoms with E-state index in [0.717, 1.165) is 26.0 Å². The van der Waals surface area contributed by atoms with Crippen LogP contribution in [0.25, 0.3) is 0 Å². The van der Waals surface area contributed by atoms with Gasteiger partial charge < -0.3 is 24.3 Å². The predicted octanol–water partition coefficient (Wildman–Crippen LogP) is 1.21. The Hall–Kier alpha value is -0.200. The van der Waals surface area contributed by atoms with Gasteiger partial charge in [0.25, 0.3) is 0 Å². The van der Waals surface area contributed by atoms with Gasteiger partial charge in [-0.15, -0.1) is 0 Å². The molecule has 3 unspecified atom stereocenters. The summed E-state index contributed by atoms with van der Waals surface area (Å²) in [6.07, 6.45) is 2.39. The minimum Gasteiger partial charge on any atom is -0.382 e. The van der Waals surface area contributed by atoms with E-state index in [0.29, 0.717) is 32.5 Å². The van der Waals surface area contributed by atoms with Gasteiger partial charge in [0.1, 0.15) is 0 Å². The third-order valence-corrected chi connectivity index (χ3v) is 3.22. The summed E-state index contributed by atoms with van der Waals surface area (Å²) in [5.41, 5.74) is 0. The Morgan fingerprint density at radius 2 is 1.79 bits per heavy atom. The van der Waals surface area contributed by atoms with Gasteiger partial charge in [-0.3, -0.25) is 0 Å². The minimum atomic E-state index is 0.140. The van der Waals surface area contributed by atoms with Gasteiger partial charge in [-0.2, -0.15) is 0 Å². The van der Waals surface area contributed by atoms with Crippen LogP contribution in [0.3, 0.4) is 0 Å². The molecule has 1 saturated carbocycles. The maximum absolute atomic E-state index is 5.82. The van der Waals surface area contributed by atoms with Gasteiger partial charge in [-0.05, 0) is 19.4 Å². The van der Waals surface area contributed by atoms with Crippen molar-refractivity contribution in [2.75, 3.05) is 46.7 Å². The van der Waals surface area contributed by atoms with E-state index < -0.39 is 0 Å². The lowest BCUT2D eigenvalue weighted by molar-refractivity contribution is -0.156. The van der Waals surface area contributed by atoms with Crippen LogP contribution in [0.1, 0.15) is 26.7 Å². The van der Waals surface area contributed by atoms with Crippen LogP contribution in [0.4, 0.5) is 0 Å². The second-order valence-electron chi connectivity index (χ2n) is 4.75. The summed E-state index contributed by atoms with van der Waals surface area (Å²) in [5, 5.41) is 3.42. The van der Waals surface area contributed by atoms with Crippen molar-refractivity contribution >= 4 is 0 Å². The van der Waals surface area contributed by atoms with Crippen molar-refractivity contribution in [2.45, 2.75) is 44.9 Å². The van der Waals surface area contributed by atoms with Crippen LogP contribution in [-0.4, -0.2) is 64.9 Å². The Morgan fingerprint density at radius 3 is 2.47 bits per heavy atom. The molecule has 19 heavy (non-hydrogen) atoms. The van der Waals surface area contributed by atoms with Crippen LogP contribution in [0.15, 0.2) is 0 Å². The fraction of sp³-hybridized carbons (Fsp3) is 1.00. The molecule has 1 aliphatic carbocycles. The molecular weight excluding hydrogens is 246 g/mol. The van der Waals surface area contributed by atoms with Crippen molar-refractivity contribution in [3.8, 4) is 0 Å². The van der Waals surface area contributed by atoms with Crippen LogP contribution in [0.5, 0.6) is 0 Å². The summed E-state index contributed by atoms with van der Waals surface area (Å²) in [7, 11) is 1.69. The first-order valence-electron chi connectivity index (χ1n) is 7.36. The van der Waals surface area contributed by atoms with Gasteiger partial charge in [0, 0.05) is 19.8 Å². The average molecular weight is 275 g/mol. The number of hydrogen-bond donors (Lipinski definition) is 1. The van der Waals surface area contributed by atoms with Gasteiger partial charge in [0.15, 0.2) is 0 Å². The third-order valence-electron chi connectivity index (χ3n) is 3.22. The standard InChI is InChI=1S/C14H29NO4/c1-4-6-17-8-10-18-13-11-12(15-5-2)14(13)19-9-7-16-3/h12-15H,4-11H2,1-3H3. The van der Waals surface area contributed by atoms with E-state index in [-0.39, 0.29) is 12.2 Å². The lowest BCUT2D eigenvalue weighted by atomic mass is 9.85. The summed E-state index contributed by atoms with van der Waals surface area (Å²) in [6.45, 7) is 8.54. The van der Waals surface area contributed by atoms with Crippen molar-refractivity contribution in [1.82, 2.24) is 5.32 Å². The molecule has 1 rings (SSSR count). The average Bonchev–Trinajstić information content (AvgIpc) is 2.41. The van der Waals surface area contributed by atoms with Gasteiger partial charge in [-0.1, -0.05) is 13.8 Å². The lowest BCUT2D eigenvalue weighted by Crippen LogP contribution is -2.60. The Labute approximate surface area is 116 Å². The fourth-order valence-corrected chi connectivity index (χ4v) is 2.20. The molecule has 0 aromatic carbocycles. The van der Waals surface area contributed by atoms with Crippen LogP contribution in [0.2, 0.25) is 0 Å². The molecule has 5 nitrogen and oxygen atoms in total. The largest absolute Gasteiger partial charge is 0.382 e. The highest BCUT2D eigenvalue weighted by Crippen LogP contribution is 2.27. The number of rotatable bonds is 12. The lowest BCUT2D eigenvalue weighted by Gasteiger charge is -2.44. The van der Waals surface area contributed by atoms with Gasteiger partial charge in [0.05, 0.1) is 38.6 Å². The zero-order valence-electron chi connectivity index (χ0n) is 12.5. The van der Waals surface area contributed by atoms with E-state index in [1.54, 1.807) is 7.11 Å². The molecule has 0 heterocycles. The highest BCUT2D eigenvalue weighted by atomic mass is 16.6. The molecule has 0 saturated heterocycles. The van der Waals surface area contributed by atoms with Gasteiger partial charge in [-0.25, -0.2) is 0 Å². The topological polar surface area (TPSA) is 49.0 Å². The zero-order chi connectivity index (χ0) is 13.9. The first-order valence-corrected chi connectivity index (χ1v) is 7.36. The van der Waals surface area contributed by atoms with Crippen molar-refractivity contribution in [1.29, 1.82) is 0 Å². The summed E-state index contributed by atoms with van der Waals surface area (Å²) in [5.74, 6) is 0. The van der Waals surface area contributed by atoms with E-state index in [9.17, 15) is 0 Å². The van der Waals surface area contributed by atoms with Crippen molar-refractivity contribution < 1.29 is 18.9 Å². The molecule has 0 aliphatic heterocycles. The molecule has 5 heteroatoms. The third kappa shape index (κ3) is 6.19. The van der Waals surface area contributed by atoms with Crippen molar-refractivity contribution in [3.63, 3.8) is 0 Å². The molecule has 3 atom stereocenters. The molecule has 1 aliphatic rings. The van der Waals surface area contributed by atoms with Crippen LogP contribution >= 0.6 is 0 Å². The van der Waals surface area contributed by atoms with Crippen LogP contribution in [0, 0.1) is 0 Å². The Kier molecular flexibility index (Phi) is 9.38. The normalized spacial score (nSPS) is 26.4. The van der Waals surface area contributed by atoms with Crippen molar-refractivity contribution in [2.24, 2.45) is 0 Å². The first-order chi connectivity index (χ1) is 9.33. The van der Waals surface area contributed by atoms with E-state index in [1.807, 2.05) is 0 Å². The Bertz CT molecular complexity index is 216. The number of ether oxygens (including phenoxy) is 4. The molecule has 0 aromatic heterocycles. The highest BCUT2D eigenvalue weighted by Gasteiger charge is 2.42. The summed E-state index contributed by atoms with van der Waals surface area (Å²) < 4.78 is 22.1. The molecule has 0 aromatic rings. The maximum atomic E-state index is 5.82. The second-order valence-corrected chi connectivity index (χ2v) is 4.75. The summed E-state index contributed by atoms with van der Waals surface area (Å²) >= 11 is 0. The predicted molar refractivity (Wildman–Crippen MR) is 74.5 cm³/mol. The smallest absolute Gasteiger partial charge is 0.0991 e. The van der Waals surface area contributed by atoms with E-state index in [1.165, 1.54) is 0 Å². The highest BCUT2D eigenvalue weighted by molar-refractivity contribution is 4.97. The number of nitrogens with one attached hydrogen (secondary N) is 1. The molecule has 0 radical (unpaired) electrons. The van der Waals surface area contributed by atoms with E-state index in [4.69, 9.17) is 18.9 Å². The Balaban J connectivity index is 2.16. The van der Waals surface area contributed by atoms with Gasteiger partial charge >= 0.3 is 0 Å². The molecule has 0 bridgehead atoms. The number of methoxy groups -OCH3 is 1. The SMILES string of the molecule is CCCOCCOC1CC(NCC)C1OCCOC. The molecule has 0 amide bonds. The van der Waals surface area contributed by atoms with Crippen molar-refractivity contribution in [3.05, 3.63) is 0 Å². The molecule has 1 fully saturated rings. The molecule has 1 N–H and O–H groups in total. The molecule has 114 valence electrons. The number of hydrogen-bond acceptors (Lipinski definition) is 5. The monoisotopic (exact) mass is 275 g/mol.